The number of aromatic amines is 1. The summed E-state index contributed by atoms with van der Waals surface area (Å²) >= 11 is 0. The first kappa shape index (κ1) is 8.71. The highest BCUT2D eigenvalue weighted by Crippen LogP contribution is 2.21. The summed E-state index contributed by atoms with van der Waals surface area (Å²) in [6.07, 6.45) is 2.23. The van der Waals surface area contributed by atoms with E-state index in [1.54, 1.807) is 0 Å². The van der Waals surface area contributed by atoms with E-state index in [1.165, 1.54) is 12.3 Å². The Bertz CT molecular complexity index is 495. The van der Waals surface area contributed by atoms with E-state index in [1.807, 2.05) is 0 Å². The van der Waals surface area contributed by atoms with E-state index in [9.17, 15) is 9.59 Å². The molecule has 0 aliphatic heterocycles. The van der Waals surface area contributed by atoms with E-state index in [-0.39, 0.29) is 18.1 Å². The maximum absolute atomic E-state index is 11.2. The summed E-state index contributed by atoms with van der Waals surface area (Å²) in [5, 5.41) is 0.608. The van der Waals surface area contributed by atoms with Gasteiger partial charge in [0.1, 0.15) is 0 Å². The van der Waals surface area contributed by atoms with Gasteiger partial charge >= 0.3 is 0 Å². The molecule has 0 saturated carbocycles. The molecule has 0 saturated heterocycles. The molecule has 2 heterocycles. The van der Waals surface area contributed by atoms with Gasteiger partial charge in [0, 0.05) is 11.8 Å². The highest BCUT2D eigenvalue weighted by molar-refractivity contribution is 6.02. The summed E-state index contributed by atoms with van der Waals surface area (Å²) in [4.78, 5) is 24.5. The number of hydrogen-bond acceptors (Lipinski definition) is 4. The lowest BCUT2D eigenvalue weighted by Crippen LogP contribution is -2.12. The van der Waals surface area contributed by atoms with Gasteiger partial charge in [-0.2, -0.15) is 0 Å². The summed E-state index contributed by atoms with van der Waals surface area (Å²) < 4.78 is 5.16. The Kier molecular flexibility index (Phi) is 1.94. The zero-order valence-electron chi connectivity index (χ0n) is 7.24. The molecule has 5 nitrogen and oxygen atoms in total. The molecule has 0 atom stereocenters. The molecule has 0 radical (unpaired) electrons. The largest absolute Gasteiger partial charge is 0.437 e. The number of carbonyl (C=O) groups excluding carboxylic acids is 2. The number of fused-ring (bicyclic) bond motifs is 1. The van der Waals surface area contributed by atoms with Crippen LogP contribution in [0, 0.1) is 0 Å². The molecule has 0 spiro atoms. The molecule has 2 rings (SSSR count). The Labute approximate surface area is 78.9 Å². The molecule has 0 bridgehead atoms. The van der Waals surface area contributed by atoms with Crippen LogP contribution in [-0.4, -0.2) is 23.6 Å². The molecule has 0 aliphatic carbocycles. The van der Waals surface area contributed by atoms with Crippen molar-refractivity contribution in [2.75, 3.05) is 6.54 Å². The number of hydrogen-bond donors (Lipinski definition) is 2. The monoisotopic (exact) mass is 192 g/mol. The lowest BCUT2D eigenvalue weighted by Gasteiger charge is -1.88. The van der Waals surface area contributed by atoms with Crippen LogP contribution >= 0.6 is 0 Å². The summed E-state index contributed by atoms with van der Waals surface area (Å²) in [7, 11) is 0. The number of nitrogens with two attached hydrogens (primary N) is 1. The smallest absolute Gasteiger partial charge is 0.211 e. The van der Waals surface area contributed by atoms with Gasteiger partial charge in [0.15, 0.2) is 12.0 Å². The molecule has 3 N–H and O–H groups in total. The molecule has 0 aliphatic rings. The van der Waals surface area contributed by atoms with Gasteiger partial charge in [-0.3, -0.25) is 9.59 Å². The maximum Gasteiger partial charge on any atom is 0.211 e. The fraction of sp³-hybridized carbons (Fsp3) is 0.111. The Hall–Kier alpha value is -1.88. The van der Waals surface area contributed by atoms with Crippen LogP contribution in [0.2, 0.25) is 0 Å². The number of furan rings is 1. The van der Waals surface area contributed by atoms with Crippen LogP contribution in [-0.2, 0) is 0 Å². The van der Waals surface area contributed by atoms with E-state index >= 15 is 0 Å². The van der Waals surface area contributed by atoms with E-state index in [0.717, 1.165) is 0 Å². The fourth-order valence-corrected chi connectivity index (χ4v) is 1.27. The predicted molar refractivity (Wildman–Crippen MR) is 49.3 cm³/mol. The SMILES string of the molecule is NCC(=O)c1cc2c(C=O)c[nH]c2o1. The van der Waals surface area contributed by atoms with Crippen LogP contribution in [0.3, 0.4) is 0 Å². The number of nitrogens with one attached hydrogen (secondary N) is 1. The Balaban J connectivity index is 2.57. The van der Waals surface area contributed by atoms with E-state index in [4.69, 9.17) is 10.2 Å². The number of carbonyl (C=O) groups is 2. The number of rotatable bonds is 3. The first-order valence-corrected chi connectivity index (χ1v) is 4.05. The van der Waals surface area contributed by atoms with Gasteiger partial charge in [-0.25, -0.2) is 0 Å². The van der Waals surface area contributed by atoms with Crippen molar-refractivity contribution in [1.29, 1.82) is 0 Å². The van der Waals surface area contributed by atoms with Crippen molar-refractivity contribution in [3.05, 3.63) is 23.6 Å². The third-order valence-electron chi connectivity index (χ3n) is 1.99. The molecular formula is C9H8N2O3. The second-order valence-corrected chi connectivity index (χ2v) is 2.84. The molecule has 14 heavy (non-hydrogen) atoms. The molecule has 2 aromatic heterocycles. The number of H-pyrrole nitrogens is 1. The average Bonchev–Trinajstić information content (AvgIpc) is 2.74. The van der Waals surface area contributed by atoms with Crippen molar-refractivity contribution >= 4 is 23.2 Å². The Morgan fingerprint density at radius 1 is 1.64 bits per heavy atom. The van der Waals surface area contributed by atoms with E-state index < -0.39 is 0 Å². The van der Waals surface area contributed by atoms with Gasteiger partial charge in [0.25, 0.3) is 0 Å². The summed E-state index contributed by atoms with van der Waals surface area (Å²) in [6.45, 7) is -0.105. The van der Waals surface area contributed by atoms with Gasteiger partial charge in [-0.15, -0.1) is 0 Å². The van der Waals surface area contributed by atoms with Crippen molar-refractivity contribution in [1.82, 2.24) is 4.98 Å². The van der Waals surface area contributed by atoms with Crippen molar-refractivity contribution < 1.29 is 14.0 Å². The highest BCUT2D eigenvalue weighted by atomic mass is 16.4. The lowest BCUT2D eigenvalue weighted by molar-refractivity contribution is 0.0976. The minimum atomic E-state index is -0.286. The Morgan fingerprint density at radius 3 is 3.07 bits per heavy atom. The second kappa shape index (κ2) is 3.12. The van der Waals surface area contributed by atoms with Crippen molar-refractivity contribution in [3.63, 3.8) is 0 Å². The number of Topliss-reactive ketones (excluding diaryl/α,β-unsaturated/α-hetero) is 1. The first-order valence-electron chi connectivity index (χ1n) is 4.05. The standard InChI is InChI=1S/C9H8N2O3/c10-2-7(13)8-1-6-5(4-12)3-11-9(6)14-8/h1,3-4,11H,2,10H2. The zero-order chi connectivity index (χ0) is 10.1. The van der Waals surface area contributed by atoms with Crippen molar-refractivity contribution in [3.8, 4) is 0 Å². The van der Waals surface area contributed by atoms with E-state index in [2.05, 4.69) is 4.98 Å². The number of aldehydes is 1. The second-order valence-electron chi connectivity index (χ2n) is 2.84. The van der Waals surface area contributed by atoms with Crippen LogP contribution in [0.15, 0.2) is 16.7 Å². The predicted octanol–water partition coefficient (Wildman–Crippen LogP) is 0.715. The summed E-state index contributed by atoms with van der Waals surface area (Å²) in [5.74, 6) is -0.108. The van der Waals surface area contributed by atoms with Gasteiger partial charge in [-0.05, 0) is 6.07 Å². The van der Waals surface area contributed by atoms with Gasteiger partial charge < -0.3 is 15.1 Å². The maximum atomic E-state index is 11.2. The molecule has 0 unspecified atom stereocenters. The third kappa shape index (κ3) is 1.14. The van der Waals surface area contributed by atoms with Crippen molar-refractivity contribution in [2.24, 2.45) is 5.73 Å². The molecule has 5 heteroatoms. The number of ketones is 1. The van der Waals surface area contributed by atoms with Crippen molar-refractivity contribution in [2.45, 2.75) is 0 Å². The van der Waals surface area contributed by atoms with Gasteiger partial charge in [0.2, 0.25) is 11.5 Å². The van der Waals surface area contributed by atoms with Crippen LogP contribution in [0.25, 0.3) is 11.1 Å². The van der Waals surface area contributed by atoms with Gasteiger partial charge in [-0.1, -0.05) is 0 Å². The zero-order valence-corrected chi connectivity index (χ0v) is 7.24. The van der Waals surface area contributed by atoms with E-state index in [0.29, 0.717) is 22.9 Å². The molecule has 2 aromatic rings. The number of aromatic nitrogens is 1. The minimum absolute atomic E-state index is 0.105. The van der Waals surface area contributed by atoms with Crippen LogP contribution in [0.4, 0.5) is 0 Å². The van der Waals surface area contributed by atoms with Crippen LogP contribution < -0.4 is 5.73 Å². The van der Waals surface area contributed by atoms with Gasteiger partial charge in [0.05, 0.1) is 11.9 Å². The molecular weight excluding hydrogens is 184 g/mol. The van der Waals surface area contributed by atoms with Crippen LogP contribution in [0.1, 0.15) is 20.9 Å². The topological polar surface area (TPSA) is 89.1 Å². The highest BCUT2D eigenvalue weighted by Gasteiger charge is 2.13. The third-order valence-corrected chi connectivity index (χ3v) is 1.99. The average molecular weight is 192 g/mol. The normalized spacial score (nSPS) is 10.6. The fourth-order valence-electron chi connectivity index (χ4n) is 1.27. The quantitative estimate of drug-likeness (QED) is 0.553. The summed E-state index contributed by atoms with van der Waals surface area (Å²) in [5.41, 5.74) is 6.07. The first-order chi connectivity index (χ1) is 6.76. The molecule has 0 aromatic carbocycles. The molecule has 0 fully saturated rings. The Morgan fingerprint density at radius 2 is 2.43 bits per heavy atom. The molecule has 0 amide bonds. The molecule has 72 valence electrons. The summed E-state index contributed by atoms with van der Waals surface area (Å²) in [6, 6.07) is 1.52. The van der Waals surface area contributed by atoms with Crippen LogP contribution in [0.5, 0.6) is 0 Å². The minimum Gasteiger partial charge on any atom is -0.437 e. The lowest BCUT2D eigenvalue weighted by atomic mass is 10.2.